The molecule has 0 aromatic carbocycles. The van der Waals surface area contributed by atoms with Gasteiger partial charge in [-0.1, -0.05) is 12.8 Å². The number of fused-ring (bicyclic) bond motifs is 3. The molecule has 1 aliphatic carbocycles. The van der Waals surface area contributed by atoms with Crippen molar-refractivity contribution in [3.8, 4) is 0 Å². The molecule has 0 radical (unpaired) electrons. The maximum Gasteiger partial charge on any atom is 0.255 e. The first kappa shape index (κ1) is 10.6. The Kier molecular flexibility index (Phi) is 2.18. The summed E-state index contributed by atoms with van der Waals surface area (Å²) in [6, 6.07) is 0.151. The van der Waals surface area contributed by atoms with Crippen molar-refractivity contribution in [2.24, 2.45) is 11.7 Å². The highest BCUT2D eigenvalue weighted by Crippen LogP contribution is 2.45. The molecule has 4 N–H and O–H groups in total. The van der Waals surface area contributed by atoms with Gasteiger partial charge in [0.1, 0.15) is 17.2 Å². The van der Waals surface area contributed by atoms with Crippen molar-refractivity contribution in [1.29, 1.82) is 5.41 Å². The molecule has 1 saturated heterocycles. The number of nitrogens with two attached hydrogens (primary N) is 1. The van der Waals surface area contributed by atoms with Gasteiger partial charge in [-0.25, -0.2) is 0 Å². The van der Waals surface area contributed by atoms with Gasteiger partial charge in [0.2, 0.25) is 0 Å². The number of amidine groups is 1. The molecule has 0 spiro atoms. The predicted molar refractivity (Wildman–Crippen MR) is 62.6 cm³/mol. The molecule has 0 bridgehead atoms. The summed E-state index contributed by atoms with van der Waals surface area (Å²) in [6.45, 7) is 0. The predicted octanol–water partition coefficient (Wildman–Crippen LogP) is 0.908. The fourth-order valence-corrected chi connectivity index (χ4v) is 3.69. The topological polar surface area (TPSA) is 90.4 Å². The van der Waals surface area contributed by atoms with Crippen LogP contribution in [0.4, 0.5) is 0 Å². The van der Waals surface area contributed by atoms with Crippen molar-refractivity contribution < 1.29 is 9.90 Å². The van der Waals surface area contributed by atoms with Crippen molar-refractivity contribution >= 4 is 11.7 Å². The average Bonchev–Trinajstić information content (AvgIpc) is 2.76. The molecule has 0 aromatic heterocycles. The molecule has 0 aromatic rings. The highest BCUT2D eigenvalue weighted by Gasteiger charge is 2.51. The largest absolute Gasteiger partial charge is 0.509 e. The lowest BCUT2D eigenvalue weighted by atomic mass is 9.84. The smallest absolute Gasteiger partial charge is 0.255 e. The molecule has 3 atom stereocenters. The van der Waals surface area contributed by atoms with Gasteiger partial charge in [0, 0.05) is 6.04 Å². The summed E-state index contributed by atoms with van der Waals surface area (Å²) in [6.07, 6.45) is 5.50. The lowest BCUT2D eigenvalue weighted by Gasteiger charge is -2.32. The van der Waals surface area contributed by atoms with Gasteiger partial charge in [-0.3, -0.25) is 10.2 Å². The minimum Gasteiger partial charge on any atom is -0.509 e. The standard InChI is InChI=1S/C12H17N3O2/c13-11-9(12(14)17)10(16)8-5-6-3-1-2-4-7(6)15(8)11/h6-8,13,16H,1-5H2,(H2,14,17)/t6-,7-,8+/m1/s1. The molecule has 1 saturated carbocycles. The lowest BCUT2D eigenvalue weighted by Crippen LogP contribution is -2.40. The van der Waals surface area contributed by atoms with E-state index in [-0.39, 0.29) is 23.2 Å². The highest BCUT2D eigenvalue weighted by molar-refractivity contribution is 6.21. The number of hydrogen-bond donors (Lipinski definition) is 3. The monoisotopic (exact) mass is 235 g/mol. The first-order valence-electron chi connectivity index (χ1n) is 6.21. The summed E-state index contributed by atoms with van der Waals surface area (Å²) in [4.78, 5) is 13.2. The summed E-state index contributed by atoms with van der Waals surface area (Å²) in [5.74, 6) is 0.0336. The summed E-state index contributed by atoms with van der Waals surface area (Å²) in [5.41, 5.74) is 5.25. The van der Waals surface area contributed by atoms with Crippen molar-refractivity contribution in [3.05, 3.63) is 11.3 Å². The third-order valence-electron chi connectivity index (χ3n) is 4.40. The van der Waals surface area contributed by atoms with Gasteiger partial charge in [-0.2, -0.15) is 0 Å². The molecule has 3 aliphatic rings. The summed E-state index contributed by atoms with van der Waals surface area (Å²) >= 11 is 0. The van der Waals surface area contributed by atoms with E-state index < -0.39 is 5.91 Å². The molecule has 2 aliphatic heterocycles. The Morgan fingerprint density at radius 3 is 2.82 bits per heavy atom. The Morgan fingerprint density at radius 2 is 2.12 bits per heavy atom. The van der Waals surface area contributed by atoms with Gasteiger partial charge in [0.25, 0.3) is 5.91 Å². The fraction of sp³-hybridized carbons (Fsp3) is 0.667. The maximum absolute atomic E-state index is 11.3. The maximum atomic E-state index is 11.3. The number of aliphatic hydroxyl groups excluding tert-OH is 1. The number of carbonyl (C=O) groups is 1. The third-order valence-corrected chi connectivity index (χ3v) is 4.40. The Bertz CT molecular complexity index is 429. The second-order valence-electron chi connectivity index (χ2n) is 5.24. The Balaban J connectivity index is 1.96. The lowest BCUT2D eigenvalue weighted by molar-refractivity contribution is -0.114. The van der Waals surface area contributed by atoms with Crippen LogP contribution in [0.15, 0.2) is 11.3 Å². The summed E-state index contributed by atoms with van der Waals surface area (Å²) < 4.78 is 0. The number of amides is 1. The molecule has 5 heteroatoms. The van der Waals surface area contributed by atoms with Crippen LogP contribution in [-0.2, 0) is 4.79 Å². The number of rotatable bonds is 1. The van der Waals surface area contributed by atoms with E-state index in [1.54, 1.807) is 0 Å². The minimum atomic E-state index is -0.686. The first-order valence-corrected chi connectivity index (χ1v) is 6.21. The molecule has 3 rings (SSSR count). The summed E-state index contributed by atoms with van der Waals surface area (Å²) in [7, 11) is 0. The SMILES string of the molecule is N=C1C(C(N)=O)=C(O)[C@@H]2C[C@H]3CCCC[C@H]3N12. The van der Waals surface area contributed by atoms with Gasteiger partial charge >= 0.3 is 0 Å². The van der Waals surface area contributed by atoms with E-state index in [0.29, 0.717) is 12.0 Å². The van der Waals surface area contributed by atoms with E-state index in [1.807, 2.05) is 4.90 Å². The second-order valence-corrected chi connectivity index (χ2v) is 5.24. The zero-order valence-corrected chi connectivity index (χ0v) is 9.65. The molecule has 0 unspecified atom stereocenters. The number of nitrogens with zero attached hydrogens (tertiary/aromatic N) is 1. The number of carbonyl (C=O) groups excluding carboxylic acids is 1. The van der Waals surface area contributed by atoms with Crippen molar-refractivity contribution in [2.75, 3.05) is 0 Å². The van der Waals surface area contributed by atoms with Gasteiger partial charge in [-0.05, 0) is 25.2 Å². The van der Waals surface area contributed by atoms with Crippen molar-refractivity contribution in [3.63, 3.8) is 0 Å². The van der Waals surface area contributed by atoms with Gasteiger partial charge in [-0.15, -0.1) is 0 Å². The van der Waals surface area contributed by atoms with E-state index in [4.69, 9.17) is 11.1 Å². The number of aliphatic hydroxyl groups is 1. The van der Waals surface area contributed by atoms with E-state index in [0.717, 1.165) is 12.8 Å². The van der Waals surface area contributed by atoms with E-state index in [1.165, 1.54) is 19.3 Å². The fourth-order valence-electron chi connectivity index (χ4n) is 3.69. The Morgan fingerprint density at radius 1 is 1.41 bits per heavy atom. The molecule has 17 heavy (non-hydrogen) atoms. The summed E-state index contributed by atoms with van der Waals surface area (Å²) in [5, 5.41) is 18.1. The molecule has 2 fully saturated rings. The van der Waals surface area contributed by atoms with Crippen LogP contribution in [0.5, 0.6) is 0 Å². The van der Waals surface area contributed by atoms with Gasteiger partial charge in [0.05, 0.1) is 6.04 Å². The molecule has 1 amide bonds. The van der Waals surface area contributed by atoms with Crippen molar-refractivity contribution in [1.82, 2.24) is 4.90 Å². The minimum absolute atomic E-state index is 0.0249. The number of hydrogen-bond acceptors (Lipinski definition) is 3. The van der Waals surface area contributed by atoms with Gasteiger partial charge < -0.3 is 15.7 Å². The van der Waals surface area contributed by atoms with Crippen LogP contribution in [-0.4, -0.2) is 33.8 Å². The number of nitrogens with one attached hydrogen (secondary N) is 1. The van der Waals surface area contributed by atoms with Crippen molar-refractivity contribution in [2.45, 2.75) is 44.2 Å². The van der Waals surface area contributed by atoms with Crippen LogP contribution < -0.4 is 5.73 Å². The van der Waals surface area contributed by atoms with Gasteiger partial charge in [0.15, 0.2) is 0 Å². The Hall–Kier alpha value is -1.52. The van der Waals surface area contributed by atoms with Crippen LogP contribution in [0.25, 0.3) is 0 Å². The zero-order chi connectivity index (χ0) is 12.2. The Labute approximate surface area is 99.8 Å². The third kappa shape index (κ3) is 1.31. The molecular formula is C12H17N3O2. The zero-order valence-electron chi connectivity index (χ0n) is 9.65. The van der Waals surface area contributed by atoms with E-state index in [9.17, 15) is 9.90 Å². The van der Waals surface area contributed by atoms with Crippen LogP contribution in [0.2, 0.25) is 0 Å². The number of primary amides is 1. The average molecular weight is 235 g/mol. The van der Waals surface area contributed by atoms with Crippen LogP contribution in [0, 0.1) is 11.3 Å². The molecule has 92 valence electrons. The highest BCUT2D eigenvalue weighted by atomic mass is 16.3. The second kappa shape index (κ2) is 3.48. The van der Waals surface area contributed by atoms with E-state index in [2.05, 4.69) is 0 Å². The molecule has 5 nitrogen and oxygen atoms in total. The molecule has 2 heterocycles. The quantitative estimate of drug-likeness (QED) is 0.631. The molecular weight excluding hydrogens is 218 g/mol. The van der Waals surface area contributed by atoms with Crippen LogP contribution >= 0.6 is 0 Å². The van der Waals surface area contributed by atoms with Crippen LogP contribution in [0.3, 0.4) is 0 Å². The van der Waals surface area contributed by atoms with Crippen LogP contribution in [0.1, 0.15) is 32.1 Å². The normalized spacial score (nSPS) is 36.1. The van der Waals surface area contributed by atoms with E-state index >= 15 is 0 Å². The first-order chi connectivity index (χ1) is 8.11.